The van der Waals surface area contributed by atoms with Crippen LogP contribution in [0.4, 0.5) is 0 Å². The van der Waals surface area contributed by atoms with E-state index in [1.54, 1.807) is 41.3 Å². The quantitative estimate of drug-likeness (QED) is 0.575. The maximum absolute atomic E-state index is 13.2. The molecule has 0 bridgehead atoms. The number of piperidine rings is 1. The summed E-state index contributed by atoms with van der Waals surface area (Å²) in [6, 6.07) is 12.1. The summed E-state index contributed by atoms with van der Waals surface area (Å²) >= 11 is 0. The zero-order valence-electron chi connectivity index (χ0n) is 17.4. The summed E-state index contributed by atoms with van der Waals surface area (Å²) in [6.07, 6.45) is 1.61. The number of carbonyl (C=O) groups excluding carboxylic acids is 2. The third-order valence-corrected chi connectivity index (χ3v) is 5.68. The molecule has 0 radical (unpaired) electrons. The number of methoxy groups -OCH3 is 1. The van der Waals surface area contributed by atoms with E-state index in [0.29, 0.717) is 41.9 Å². The molecule has 9 heteroatoms. The second-order valence-electron chi connectivity index (χ2n) is 7.64. The average Bonchev–Trinajstić information content (AvgIpc) is 3.52. The highest BCUT2D eigenvalue weighted by atomic mass is 16.7. The molecule has 5 rings (SSSR count). The van der Waals surface area contributed by atoms with Gasteiger partial charge in [-0.2, -0.15) is 0 Å². The molecule has 0 aliphatic carbocycles. The van der Waals surface area contributed by atoms with Crippen LogP contribution >= 0.6 is 0 Å². The van der Waals surface area contributed by atoms with Gasteiger partial charge in [0.1, 0.15) is 0 Å². The predicted molar refractivity (Wildman–Crippen MR) is 112 cm³/mol. The van der Waals surface area contributed by atoms with E-state index in [2.05, 4.69) is 10.2 Å². The molecule has 0 saturated carbocycles. The molecule has 32 heavy (non-hydrogen) atoms. The minimum Gasteiger partial charge on any atom is -0.465 e. The fourth-order valence-corrected chi connectivity index (χ4v) is 4.04. The lowest BCUT2D eigenvalue weighted by Crippen LogP contribution is -2.39. The van der Waals surface area contributed by atoms with Crippen LogP contribution in [-0.2, 0) is 4.74 Å². The molecule has 3 heterocycles. The topological polar surface area (TPSA) is 104 Å². The van der Waals surface area contributed by atoms with Gasteiger partial charge in [-0.25, -0.2) is 4.79 Å². The minimum atomic E-state index is -0.534. The van der Waals surface area contributed by atoms with Crippen molar-refractivity contribution in [3.63, 3.8) is 0 Å². The van der Waals surface area contributed by atoms with E-state index in [0.717, 1.165) is 18.4 Å². The number of amides is 1. The summed E-state index contributed by atoms with van der Waals surface area (Å²) in [7, 11) is 1.30. The van der Waals surface area contributed by atoms with E-state index >= 15 is 0 Å². The lowest BCUT2D eigenvalue weighted by atomic mass is 9.96. The smallest absolute Gasteiger partial charge is 0.338 e. The van der Waals surface area contributed by atoms with Crippen molar-refractivity contribution in [2.45, 2.75) is 18.8 Å². The molecular weight excluding hydrogens is 414 g/mol. The Bertz CT molecular complexity index is 1170. The van der Waals surface area contributed by atoms with Gasteiger partial charge in [-0.15, -0.1) is 10.2 Å². The van der Waals surface area contributed by atoms with Gasteiger partial charge in [0.05, 0.1) is 24.2 Å². The summed E-state index contributed by atoms with van der Waals surface area (Å²) in [6.45, 7) is 1.21. The number of nitrogens with zero attached hydrogens (tertiary/aromatic N) is 3. The predicted octanol–water partition coefficient (Wildman–Crippen LogP) is 3.27. The van der Waals surface area contributed by atoms with Gasteiger partial charge >= 0.3 is 5.97 Å². The molecule has 0 N–H and O–H groups in total. The third kappa shape index (κ3) is 3.66. The summed E-state index contributed by atoms with van der Waals surface area (Å²) in [5, 5.41) is 8.42. The van der Waals surface area contributed by atoms with Crippen molar-refractivity contribution >= 4 is 11.9 Å². The number of hydrogen-bond donors (Lipinski definition) is 0. The average molecular weight is 435 g/mol. The van der Waals surface area contributed by atoms with Crippen LogP contribution in [0, 0.1) is 0 Å². The fourth-order valence-electron chi connectivity index (χ4n) is 4.04. The van der Waals surface area contributed by atoms with E-state index in [1.165, 1.54) is 7.11 Å². The summed E-state index contributed by atoms with van der Waals surface area (Å²) in [5.74, 6) is 1.35. The number of benzene rings is 2. The molecular formula is C23H21N3O6. The van der Waals surface area contributed by atoms with Gasteiger partial charge in [0.25, 0.3) is 5.91 Å². The van der Waals surface area contributed by atoms with Gasteiger partial charge in [-0.05, 0) is 43.2 Å². The van der Waals surface area contributed by atoms with Crippen LogP contribution in [0.25, 0.3) is 11.5 Å². The Morgan fingerprint density at radius 3 is 2.72 bits per heavy atom. The second-order valence-corrected chi connectivity index (χ2v) is 7.64. The Morgan fingerprint density at radius 1 is 1.06 bits per heavy atom. The molecule has 2 aliphatic heterocycles. The van der Waals surface area contributed by atoms with Gasteiger partial charge in [-0.3, -0.25) is 4.79 Å². The van der Waals surface area contributed by atoms with Crippen molar-refractivity contribution in [3.8, 4) is 23.0 Å². The van der Waals surface area contributed by atoms with Crippen LogP contribution in [0.5, 0.6) is 11.5 Å². The molecule has 0 unspecified atom stereocenters. The molecule has 2 aliphatic rings. The van der Waals surface area contributed by atoms with Crippen molar-refractivity contribution in [1.29, 1.82) is 0 Å². The second kappa shape index (κ2) is 8.33. The minimum absolute atomic E-state index is 0.0896. The first-order chi connectivity index (χ1) is 15.6. The van der Waals surface area contributed by atoms with Crippen LogP contribution in [0.2, 0.25) is 0 Å². The van der Waals surface area contributed by atoms with E-state index in [4.69, 9.17) is 18.6 Å². The highest BCUT2D eigenvalue weighted by Crippen LogP contribution is 2.36. The zero-order chi connectivity index (χ0) is 22.1. The van der Waals surface area contributed by atoms with Crippen molar-refractivity contribution < 1.29 is 28.2 Å². The Labute approximate surface area is 183 Å². The van der Waals surface area contributed by atoms with Crippen molar-refractivity contribution in [2.75, 3.05) is 27.0 Å². The van der Waals surface area contributed by atoms with Gasteiger partial charge in [0.15, 0.2) is 11.5 Å². The number of aromatic nitrogens is 2. The lowest BCUT2D eigenvalue weighted by Gasteiger charge is -2.31. The van der Waals surface area contributed by atoms with E-state index in [1.807, 2.05) is 6.07 Å². The maximum Gasteiger partial charge on any atom is 0.338 e. The Kier molecular flexibility index (Phi) is 5.22. The van der Waals surface area contributed by atoms with Gasteiger partial charge in [-0.1, -0.05) is 12.1 Å². The van der Waals surface area contributed by atoms with Crippen molar-refractivity contribution in [1.82, 2.24) is 15.1 Å². The van der Waals surface area contributed by atoms with E-state index < -0.39 is 5.97 Å². The number of hydrogen-bond acceptors (Lipinski definition) is 8. The zero-order valence-corrected chi connectivity index (χ0v) is 17.4. The third-order valence-electron chi connectivity index (χ3n) is 5.68. The molecule has 3 aromatic rings. The molecule has 9 nitrogen and oxygen atoms in total. The van der Waals surface area contributed by atoms with Crippen molar-refractivity contribution in [2.24, 2.45) is 0 Å². The normalized spacial score (nSPS) is 17.3. The SMILES string of the molecule is COC(=O)c1ccccc1C(=O)N1CCC[C@@H](c2nnc(-c3ccc4c(c3)OCO4)o2)C1. The number of likely N-dealkylation sites (tertiary alicyclic amines) is 1. The van der Waals surface area contributed by atoms with Gasteiger partial charge < -0.3 is 23.5 Å². The molecule has 1 fully saturated rings. The van der Waals surface area contributed by atoms with Gasteiger partial charge in [0.2, 0.25) is 18.6 Å². The van der Waals surface area contributed by atoms with Crippen LogP contribution in [0.3, 0.4) is 0 Å². The lowest BCUT2D eigenvalue weighted by molar-refractivity contribution is 0.0585. The molecule has 1 aromatic heterocycles. The molecule has 1 saturated heterocycles. The number of fused-ring (bicyclic) bond motifs is 1. The molecule has 164 valence electrons. The number of ether oxygens (including phenoxy) is 3. The van der Waals surface area contributed by atoms with Crippen LogP contribution < -0.4 is 9.47 Å². The largest absolute Gasteiger partial charge is 0.465 e. The fraction of sp³-hybridized carbons (Fsp3) is 0.304. The molecule has 1 amide bonds. The number of rotatable bonds is 4. The van der Waals surface area contributed by atoms with Crippen LogP contribution in [0.1, 0.15) is 45.4 Å². The first-order valence-electron chi connectivity index (χ1n) is 10.3. The highest BCUT2D eigenvalue weighted by molar-refractivity contribution is 6.05. The molecule has 1 atom stereocenters. The highest BCUT2D eigenvalue weighted by Gasteiger charge is 2.31. The Balaban J connectivity index is 1.34. The first-order valence-corrected chi connectivity index (χ1v) is 10.3. The Morgan fingerprint density at radius 2 is 1.88 bits per heavy atom. The first kappa shape index (κ1) is 20.0. The maximum atomic E-state index is 13.2. The summed E-state index contributed by atoms with van der Waals surface area (Å²) in [5.41, 5.74) is 1.32. The van der Waals surface area contributed by atoms with E-state index in [9.17, 15) is 9.59 Å². The molecule has 2 aromatic carbocycles. The summed E-state index contributed by atoms with van der Waals surface area (Å²) in [4.78, 5) is 27.0. The monoisotopic (exact) mass is 435 g/mol. The number of carbonyl (C=O) groups is 2. The Hall–Kier alpha value is -3.88. The summed E-state index contributed by atoms with van der Waals surface area (Å²) < 4.78 is 21.5. The standard InChI is InChI=1S/C23H21N3O6/c1-29-23(28)17-7-3-2-6-16(17)22(27)26-10-4-5-15(12-26)21-25-24-20(32-21)14-8-9-18-19(11-14)31-13-30-18/h2-3,6-9,11,15H,4-5,10,12-13H2,1H3/t15-/m1/s1. The van der Waals surface area contributed by atoms with Crippen LogP contribution in [0.15, 0.2) is 46.9 Å². The van der Waals surface area contributed by atoms with Gasteiger partial charge in [0, 0.05) is 18.7 Å². The van der Waals surface area contributed by atoms with E-state index in [-0.39, 0.29) is 24.2 Å². The van der Waals surface area contributed by atoms with Crippen molar-refractivity contribution in [3.05, 3.63) is 59.5 Å². The molecule has 0 spiro atoms. The van der Waals surface area contributed by atoms with Crippen LogP contribution in [-0.4, -0.2) is 54.0 Å². The number of esters is 1.